The van der Waals surface area contributed by atoms with Crippen molar-refractivity contribution in [2.24, 2.45) is 5.41 Å². The fourth-order valence-electron chi connectivity index (χ4n) is 1.47. The molecule has 1 aliphatic rings. The predicted octanol–water partition coefficient (Wildman–Crippen LogP) is 2.19. The lowest BCUT2D eigenvalue weighted by Crippen LogP contribution is -2.43. The van der Waals surface area contributed by atoms with Crippen molar-refractivity contribution < 1.29 is 4.74 Å². The Hall–Kier alpha value is -0.0800. The summed E-state index contributed by atoms with van der Waals surface area (Å²) in [5, 5.41) is 3.26. The van der Waals surface area contributed by atoms with E-state index in [-0.39, 0.29) is 0 Å². The smallest absolute Gasteiger partial charge is 0.0604 e. The Morgan fingerprint density at radius 1 is 1.31 bits per heavy atom. The molecule has 2 nitrogen and oxygen atoms in total. The highest BCUT2D eigenvalue weighted by atomic mass is 16.5. The van der Waals surface area contributed by atoms with Crippen molar-refractivity contribution in [1.82, 2.24) is 5.32 Å². The van der Waals surface area contributed by atoms with Gasteiger partial charge in [-0.15, -0.1) is 0 Å². The third-order valence-corrected chi connectivity index (χ3v) is 2.71. The molecule has 0 aromatic carbocycles. The van der Waals surface area contributed by atoms with Crippen LogP contribution in [-0.4, -0.2) is 25.8 Å². The van der Waals surface area contributed by atoms with Gasteiger partial charge in [0.2, 0.25) is 0 Å². The molecule has 0 spiro atoms. The topological polar surface area (TPSA) is 21.3 Å². The summed E-state index contributed by atoms with van der Waals surface area (Å²) < 4.78 is 5.75. The van der Waals surface area contributed by atoms with Gasteiger partial charge >= 0.3 is 0 Å². The highest BCUT2D eigenvalue weighted by Crippen LogP contribution is 2.25. The first-order valence-corrected chi connectivity index (χ1v) is 5.30. The van der Waals surface area contributed by atoms with E-state index < -0.39 is 0 Å². The zero-order valence-electron chi connectivity index (χ0n) is 9.39. The molecule has 0 amide bonds. The maximum atomic E-state index is 5.75. The largest absolute Gasteiger partial charge is 0.378 e. The van der Waals surface area contributed by atoms with E-state index in [2.05, 4.69) is 26.1 Å². The minimum Gasteiger partial charge on any atom is -0.378 e. The lowest BCUT2D eigenvalue weighted by molar-refractivity contribution is -0.0237. The van der Waals surface area contributed by atoms with E-state index in [1.54, 1.807) is 0 Å². The Morgan fingerprint density at radius 3 is 2.38 bits per heavy atom. The molecule has 0 unspecified atom stereocenters. The van der Waals surface area contributed by atoms with Crippen molar-refractivity contribution in [3.05, 3.63) is 0 Å². The molecule has 0 atom stereocenters. The van der Waals surface area contributed by atoms with Crippen molar-refractivity contribution in [3.63, 3.8) is 0 Å². The summed E-state index contributed by atoms with van der Waals surface area (Å²) in [6, 6.07) is 0.708. The molecule has 1 N–H and O–H groups in total. The van der Waals surface area contributed by atoms with Gasteiger partial charge in [0.05, 0.1) is 6.10 Å². The Kier molecular flexibility index (Phi) is 3.74. The number of rotatable bonds is 4. The summed E-state index contributed by atoms with van der Waals surface area (Å²) in [6.07, 6.45) is 4.08. The van der Waals surface area contributed by atoms with Crippen molar-refractivity contribution in [3.8, 4) is 0 Å². The van der Waals surface area contributed by atoms with Gasteiger partial charge in [-0.05, 0) is 31.7 Å². The quantitative estimate of drug-likeness (QED) is 0.725. The van der Waals surface area contributed by atoms with Crippen molar-refractivity contribution in [2.45, 2.75) is 52.2 Å². The molecule has 0 radical (unpaired) electrons. The Labute approximate surface area is 82.0 Å². The number of hydrogen-bond donors (Lipinski definition) is 1. The third kappa shape index (κ3) is 4.10. The minimum atomic E-state index is 0.409. The van der Waals surface area contributed by atoms with Crippen LogP contribution in [0.3, 0.4) is 0 Å². The van der Waals surface area contributed by atoms with Gasteiger partial charge in [-0.25, -0.2) is 0 Å². The lowest BCUT2D eigenvalue weighted by Gasteiger charge is -2.35. The highest BCUT2D eigenvalue weighted by molar-refractivity contribution is 4.84. The van der Waals surface area contributed by atoms with E-state index in [1.807, 2.05) is 7.05 Å². The normalized spacial score (nSPS) is 28.6. The van der Waals surface area contributed by atoms with Crippen LogP contribution in [0, 0.1) is 5.41 Å². The second-order valence-electron chi connectivity index (χ2n) is 5.26. The number of hydrogen-bond acceptors (Lipinski definition) is 2. The van der Waals surface area contributed by atoms with E-state index >= 15 is 0 Å². The summed E-state index contributed by atoms with van der Waals surface area (Å²) in [4.78, 5) is 0. The van der Waals surface area contributed by atoms with Gasteiger partial charge in [0.15, 0.2) is 0 Å². The molecule has 13 heavy (non-hydrogen) atoms. The van der Waals surface area contributed by atoms with Crippen LogP contribution in [-0.2, 0) is 4.74 Å². The third-order valence-electron chi connectivity index (χ3n) is 2.71. The molecule has 78 valence electrons. The van der Waals surface area contributed by atoms with E-state index in [4.69, 9.17) is 4.74 Å². The maximum absolute atomic E-state index is 5.75. The second kappa shape index (κ2) is 4.43. The van der Waals surface area contributed by atoms with Crippen molar-refractivity contribution in [2.75, 3.05) is 13.7 Å². The highest BCUT2D eigenvalue weighted by Gasteiger charge is 2.28. The first kappa shape index (κ1) is 11.0. The van der Waals surface area contributed by atoms with E-state index in [9.17, 15) is 0 Å². The molecule has 0 aromatic heterocycles. The van der Waals surface area contributed by atoms with Gasteiger partial charge in [-0.1, -0.05) is 20.8 Å². The molecule has 1 aliphatic carbocycles. The average Bonchev–Trinajstić information content (AvgIpc) is 1.91. The van der Waals surface area contributed by atoms with Gasteiger partial charge in [0.25, 0.3) is 0 Å². The zero-order chi connectivity index (χ0) is 9.90. The average molecular weight is 185 g/mol. The first-order chi connectivity index (χ1) is 6.01. The fourth-order valence-corrected chi connectivity index (χ4v) is 1.47. The van der Waals surface area contributed by atoms with Crippen LogP contribution >= 0.6 is 0 Å². The van der Waals surface area contributed by atoms with Gasteiger partial charge in [-0.3, -0.25) is 0 Å². The standard InChI is InChI=1S/C11H23NO/c1-11(2,3)5-6-13-10-7-9(8-10)12-4/h9-10,12H,5-8H2,1-4H3. The van der Waals surface area contributed by atoms with Crippen molar-refractivity contribution >= 4 is 0 Å². The van der Waals surface area contributed by atoms with Gasteiger partial charge in [0.1, 0.15) is 0 Å². The van der Waals surface area contributed by atoms with Crippen LogP contribution in [0.5, 0.6) is 0 Å². The fraction of sp³-hybridized carbons (Fsp3) is 1.00. The van der Waals surface area contributed by atoms with Crippen molar-refractivity contribution in [1.29, 1.82) is 0 Å². The molecule has 2 heteroatoms. The van der Waals surface area contributed by atoms with Crippen LogP contribution in [0.25, 0.3) is 0 Å². The number of ether oxygens (including phenoxy) is 1. The van der Waals surface area contributed by atoms with Crippen LogP contribution in [0.15, 0.2) is 0 Å². The maximum Gasteiger partial charge on any atom is 0.0604 e. The molecule has 1 saturated carbocycles. The molecule has 0 heterocycles. The second-order valence-corrected chi connectivity index (χ2v) is 5.26. The Bertz CT molecular complexity index is 145. The molecule has 0 aliphatic heterocycles. The monoisotopic (exact) mass is 185 g/mol. The lowest BCUT2D eigenvalue weighted by atomic mass is 9.89. The first-order valence-electron chi connectivity index (χ1n) is 5.30. The van der Waals surface area contributed by atoms with E-state index in [0.29, 0.717) is 17.6 Å². The summed E-state index contributed by atoms with van der Waals surface area (Å²) >= 11 is 0. The summed E-state index contributed by atoms with van der Waals surface area (Å²) in [6.45, 7) is 7.69. The summed E-state index contributed by atoms with van der Waals surface area (Å²) in [5.74, 6) is 0. The van der Waals surface area contributed by atoms with Crippen LogP contribution in [0.4, 0.5) is 0 Å². The Morgan fingerprint density at radius 2 is 1.92 bits per heavy atom. The minimum absolute atomic E-state index is 0.409. The van der Waals surface area contributed by atoms with E-state index in [0.717, 1.165) is 13.0 Å². The van der Waals surface area contributed by atoms with Crippen LogP contribution in [0.1, 0.15) is 40.0 Å². The van der Waals surface area contributed by atoms with Gasteiger partial charge < -0.3 is 10.1 Å². The van der Waals surface area contributed by atoms with Gasteiger partial charge in [0, 0.05) is 12.6 Å². The summed E-state index contributed by atoms with van der Waals surface area (Å²) in [7, 11) is 2.02. The SMILES string of the molecule is CNC1CC(OCCC(C)(C)C)C1. The molecule has 1 rings (SSSR count). The Balaban J connectivity index is 1.97. The molecule has 1 fully saturated rings. The summed E-state index contributed by atoms with van der Waals surface area (Å²) in [5.41, 5.74) is 0.409. The molecule has 0 aromatic rings. The molecular formula is C11H23NO. The van der Waals surface area contributed by atoms with Crippen LogP contribution in [0.2, 0.25) is 0 Å². The molecular weight excluding hydrogens is 162 g/mol. The predicted molar refractivity (Wildman–Crippen MR) is 55.9 cm³/mol. The molecule has 0 saturated heterocycles. The van der Waals surface area contributed by atoms with Crippen LogP contribution < -0.4 is 5.32 Å². The molecule has 0 bridgehead atoms. The van der Waals surface area contributed by atoms with Gasteiger partial charge in [-0.2, -0.15) is 0 Å². The van der Waals surface area contributed by atoms with E-state index in [1.165, 1.54) is 12.8 Å². The zero-order valence-corrected chi connectivity index (χ0v) is 9.39. The number of nitrogens with one attached hydrogen (secondary N) is 1.